The average Bonchev–Trinajstić information content (AvgIpc) is 2.45. The van der Waals surface area contributed by atoms with Crippen LogP contribution in [0.4, 0.5) is 0 Å². The molecule has 0 atom stereocenters. The van der Waals surface area contributed by atoms with Crippen LogP contribution in [0.5, 0.6) is 0 Å². The smallest absolute Gasteiger partial charge is 0.355 e. The van der Waals surface area contributed by atoms with E-state index in [0.29, 0.717) is 5.56 Å². The van der Waals surface area contributed by atoms with Crippen LogP contribution in [0.25, 0.3) is 0 Å². The molecule has 0 aromatic carbocycles. The summed E-state index contributed by atoms with van der Waals surface area (Å²) in [4.78, 5) is 25.0. The Morgan fingerprint density at radius 3 is 2.54 bits per heavy atom. The van der Waals surface area contributed by atoms with Gasteiger partial charge in [-0.2, -0.15) is 0 Å². The van der Waals surface area contributed by atoms with E-state index in [4.69, 9.17) is 0 Å². The number of aromatic amines is 1. The summed E-state index contributed by atoms with van der Waals surface area (Å²) in [6.45, 7) is 3.18. The van der Waals surface area contributed by atoms with Gasteiger partial charge in [0.2, 0.25) is 0 Å². The number of H-pyrrole nitrogens is 1. The molecule has 4 heteroatoms. The SMILES string of the molecule is COC(=O)c1[nH]cc(C)c1C(C)=O. The first kappa shape index (κ1) is 9.51. The summed E-state index contributed by atoms with van der Waals surface area (Å²) in [7, 11) is 1.28. The van der Waals surface area contributed by atoms with Crippen molar-refractivity contribution in [3.05, 3.63) is 23.0 Å². The van der Waals surface area contributed by atoms with Gasteiger partial charge in [-0.25, -0.2) is 4.79 Å². The zero-order valence-electron chi connectivity index (χ0n) is 7.80. The standard InChI is InChI=1S/C9H11NO3/c1-5-4-10-8(9(12)13-3)7(5)6(2)11/h4,10H,1-3H3. The molecule has 1 N–H and O–H groups in total. The molecule has 1 rings (SSSR count). The lowest BCUT2D eigenvalue weighted by Crippen LogP contribution is -2.08. The number of esters is 1. The Bertz CT molecular complexity index is 352. The van der Waals surface area contributed by atoms with E-state index in [1.165, 1.54) is 14.0 Å². The third-order valence-electron chi connectivity index (χ3n) is 1.82. The van der Waals surface area contributed by atoms with Crippen molar-refractivity contribution < 1.29 is 14.3 Å². The van der Waals surface area contributed by atoms with E-state index in [1.807, 2.05) is 0 Å². The quantitative estimate of drug-likeness (QED) is 0.552. The first-order valence-electron chi connectivity index (χ1n) is 3.85. The van der Waals surface area contributed by atoms with Gasteiger partial charge < -0.3 is 9.72 Å². The number of rotatable bonds is 2. The van der Waals surface area contributed by atoms with E-state index in [9.17, 15) is 9.59 Å². The summed E-state index contributed by atoms with van der Waals surface area (Å²) in [5, 5.41) is 0. The van der Waals surface area contributed by atoms with Crippen molar-refractivity contribution in [1.82, 2.24) is 4.98 Å². The van der Waals surface area contributed by atoms with Crippen LogP contribution in [0, 0.1) is 6.92 Å². The molecule has 0 radical (unpaired) electrons. The fraction of sp³-hybridized carbons (Fsp3) is 0.333. The Morgan fingerprint density at radius 2 is 2.08 bits per heavy atom. The summed E-state index contributed by atoms with van der Waals surface area (Å²) >= 11 is 0. The Morgan fingerprint density at radius 1 is 1.46 bits per heavy atom. The van der Waals surface area contributed by atoms with E-state index in [-0.39, 0.29) is 11.5 Å². The minimum absolute atomic E-state index is 0.140. The topological polar surface area (TPSA) is 59.2 Å². The van der Waals surface area contributed by atoms with E-state index in [2.05, 4.69) is 9.72 Å². The summed E-state index contributed by atoms with van der Waals surface area (Å²) in [5.41, 5.74) is 1.40. The van der Waals surface area contributed by atoms with Crippen LogP contribution in [0.1, 0.15) is 33.3 Å². The number of methoxy groups -OCH3 is 1. The minimum atomic E-state index is -0.515. The molecule has 1 aromatic rings. The molecule has 0 fully saturated rings. The molecule has 0 aliphatic heterocycles. The molecule has 1 aromatic heterocycles. The molecule has 0 unspecified atom stereocenters. The number of ether oxygens (including phenoxy) is 1. The van der Waals surface area contributed by atoms with Gasteiger partial charge in [-0.05, 0) is 19.4 Å². The van der Waals surface area contributed by atoms with Gasteiger partial charge in [-0.3, -0.25) is 4.79 Å². The van der Waals surface area contributed by atoms with Gasteiger partial charge >= 0.3 is 5.97 Å². The van der Waals surface area contributed by atoms with Crippen molar-refractivity contribution in [1.29, 1.82) is 0 Å². The largest absolute Gasteiger partial charge is 0.464 e. The Kier molecular flexibility index (Phi) is 2.51. The number of carbonyl (C=O) groups excluding carboxylic acids is 2. The van der Waals surface area contributed by atoms with Gasteiger partial charge in [0.15, 0.2) is 5.78 Å². The maximum absolute atomic E-state index is 11.1. The number of hydrogen-bond acceptors (Lipinski definition) is 3. The third-order valence-corrected chi connectivity index (χ3v) is 1.82. The monoisotopic (exact) mass is 181 g/mol. The minimum Gasteiger partial charge on any atom is -0.464 e. The molecular weight excluding hydrogens is 170 g/mol. The highest BCUT2D eigenvalue weighted by Gasteiger charge is 2.18. The molecule has 0 bridgehead atoms. The van der Waals surface area contributed by atoms with Crippen LogP contribution in [0.3, 0.4) is 0 Å². The average molecular weight is 181 g/mol. The maximum atomic E-state index is 11.1. The third kappa shape index (κ3) is 1.61. The number of hydrogen-bond donors (Lipinski definition) is 1. The second kappa shape index (κ2) is 3.43. The summed E-state index contributed by atoms with van der Waals surface area (Å²) in [5.74, 6) is -0.655. The van der Waals surface area contributed by atoms with Gasteiger partial charge in [-0.1, -0.05) is 0 Å². The highest BCUT2D eigenvalue weighted by molar-refractivity contribution is 6.05. The second-order valence-electron chi connectivity index (χ2n) is 2.77. The summed E-state index contributed by atoms with van der Waals surface area (Å²) in [6.07, 6.45) is 1.61. The lowest BCUT2D eigenvalue weighted by molar-refractivity contribution is 0.0591. The molecule has 4 nitrogen and oxygen atoms in total. The van der Waals surface area contributed by atoms with E-state index in [1.54, 1.807) is 13.1 Å². The number of nitrogens with one attached hydrogen (secondary N) is 1. The number of Topliss-reactive ketones (excluding diaryl/α,β-unsaturated/α-hetero) is 1. The molecule has 0 saturated heterocycles. The maximum Gasteiger partial charge on any atom is 0.355 e. The zero-order chi connectivity index (χ0) is 10.0. The first-order chi connectivity index (χ1) is 6.07. The molecule has 0 amide bonds. The van der Waals surface area contributed by atoms with Gasteiger partial charge in [0.1, 0.15) is 5.69 Å². The van der Waals surface area contributed by atoms with Gasteiger partial charge in [0.25, 0.3) is 0 Å². The van der Waals surface area contributed by atoms with Crippen LogP contribution < -0.4 is 0 Å². The highest BCUT2D eigenvalue weighted by Crippen LogP contribution is 2.14. The Labute approximate surface area is 75.9 Å². The van der Waals surface area contributed by atoms with Crippen LogP contribution in [-0.2, 0) is 4.74 Å². The number of ketones is 1. The first-order valence-corrected chi connectivity index (χ1v) is 3.85. The van der Waals surface area contributed by atoms with Gasteiger partial charge in [0.05, 0.1) is 12.7 Å². The Hall–Kier alpha value is -1.58. The van der Waals surface area contributed by atoms with Crippen molar-refractivity contribution >= 4 is 11.8 Å². The lowest BCUT2D eigenvalue weighted by Gasteiger charge is -1.99. The van der Waals surface area contributed by atoms with Crippen LogP contribution in [0.2, 0.25) is 0 Å². The van der Waals surface area contributed by atoms with E-state index in [0.717, 1.165) is 5.56 Å². The fourth-order valence-electron chi connectivity index (χ4n) is 1.24. The van der Waals surface area contributed by atoms with Crippen LogP contribution in [0.15, 0.2) is 6.20 Å². The molecule has 0 spiro atoms. The van der Waals surface area contributed by atoms with Crippen molar-refractivity contribution in [2.24, 2.45) is 0 Å². The van der Waals surface area contributed by atoms with Crippen molar-refractivity contribution in [3.63, 3.8) is 0 Å². The second-order valence-corrected chi connectivity index (χ2v) is 2.77. The number of aromatic nitrogens is 1. The zero-order valence-corrected chi connectivity index (χ0v) is 7.80. The molecule has 1 heterocycles. The van der Waals surface area contributed by atoms with Crippen LogP contribution >= 0.6 is 0 Å². The van der Waals surface area contributed by atoms with Crippen molar-refractivity contribution in [2.45, 2.75) is 13.8 Å². The van der Waals surface area contributed by atoms with Gasteiger partial charge in [0, 0.05) is 6.20 Å². The summed E-state index contributed by atoms with van der Waals surface area (Å²) in [6, 6.07) is 0. The highest BCUT2D eigenvalue weighted by atomic mass is 16.5. The molecule has 0 aliphatic carbocycles. The molecule has 0 saturated carbocycles. The fourth-order valence-corrected chi connectivity index (χ4v) is 1.24. The lowest BCUT2D eigenvalue weighted by atomic mass is 10.1. The van der Waals surface area contributed by atoms with E-state index < -0.39 is 5.97 Å². The predicted molar refractivity (Wildman–Crippen MR) is 46.9 cm³/mol. The molecule has 70 valence electrons. The molecule has 13 heavy (non-hydrogen) atoms. The Balaban J connectivity index is 3.22. The molecule has 0 aliphatic rings. The van der Waals surface area contributed by atoms with Crippen molar-refractivity contribution in [2.75, 3.05) is 7.11 Å². The van der Waals surface area contributed by atoms with Gasteiger partial charge in [-0.15, -0.1) is 0 Å². The number of carbonyl (C=O) groups is 2. The number of aryl methyl sites for hydroxylation is 1. The van der Waals surface area contributed by atoms with Crippen LogP contribution in [-0.4, -0.2) is 23.8 Å². The van der Waals surface area contributed by atoms with Crippen molar-refractivity contribution in [3.8, 4) is 0 Å². The normalized spacial score (nSPS) is 9.77. The predicted octanol–water partition coefficient (Wildman–Crippen LogP) is 1.31. The summed E-state index contributed by atoms with van der Waals surface area (Å²) < 4.78 is 4.52. The van der Waals surface area contributed by atoms with E-state index >= 15 is 0 Å². The molecular formula is C9H11NO3.